The number of carbonyl (C=O) groups is 1. The number of ether oxygens (including phenoxy) is 1. The Kier molecular flexibility index (Phi) is 4.78. The van der Waals surface area contributed by atoms with E-state index in [2.05, 4.69) is 25.7 Å². The number of pyridine rings is 1. The number of hydrogen-bond donors (Lipinski definition) is 0. The van der Waals surface area contributed by atoms with Crippen LogP contribution < -0.4 is 0 Å². The van der Waals surface area contributed by atoms with Crippen molar-refractivity contribution in [3.63, 3.8) is 0 Å². The van der Waals surface area contributed by atoms with E-state index in [1.165, 1.54) is 13.3 Å². The molecule has 0 saturated heterocycles. The molecule has 0 aliphatic rings. The van der Waals surface area contributed by atoms with E-state index < -0.39 is 5.97 Å². The number of esters is 1. The van der Waals surface area contributed by atoms with Crippen LogP contribution in [0.5, 0.6) is 0 Å². The summed E-state index contributed by atoms with van der Waals surface area (Å²) in [5.74, 6) is -0.423. The van der Waals surface area contributed by atoms with E-state index in [9.17, 15) is 4.79 Å². The molecule has 1 aromatic rings. The summed E-state index contributed by atoms with van der Waals surface area (Å²) in [6.07, 6.45) is 5.04. The highest BCUT2D eigenvalue weighted by atomic mass is 79.9. The Morgan fingerprint density at radius 1 is 1.73 bits per heavy atom. The molecule has 0 radical (unpaired) electrons. The third-order valence-corrected chi connectivity index (χ3v) is 2.36. The predicted octanol–water partition coefficient (Wildman–Crippen LogP) is 2.93. The van der Waals surface area contributed by atoms with Crippen molar-refractivity contribution in [3.8, 4) is 0 Å². The van der Waals surface area contributed by atoms with Crippen molar-refractivity contribution < 1.29 is 9.53 Å². The second-order valence-corrected chi connectivity index (χ2v) is 3.66. The standard InChI is InChI=1S/C10H9BrClNO2/c1-15-10(14)8-5-7(3-2-4-11)9(12)13-6-8/h2-3,5-6H,4H2,1H3. The minimum absolute atomic E-state index is 0.361. The van der Waals surface area contributed by atoms with Gasteiger partial charge in [-0.3, -0.25) is 0 Å². The summed E-state index contributed by atoms with van der Waals surface area (Å²) in [7, 11) is 1.32. The molecule has 1 rings (SSSR count). The SMILES string of the molecule is COC(=O)c1cnc(Cl)c(C=CCBr)c1. The monoisotopic (exact) mass is 289 g/mol. The highest BCUT2D eigenvalue weighted by Gasteiger charge is 2.08. The molecule has 0 saturated carbocycles. The Hall–Kier alpha value is -0.870. The summed E-state index contributed by atoms with van der Waals surface area (Å²) < 4.78 is 4.58. The average molecular weight is 291 g/mol. The topological polar surface area (TPSA) is 39.2 Å². The fourth-order valence-corrected chi connectivity index (χ4v) is 1.34. The molecular formula is C10H9BrClNO2. The van der Waals surface area contributed by atoms with E-state index in [0.29, 0.717) is 21.6 Å². The van der Waals surface area contributed by atoms with Crippen LogP contribution >= 0.6 is 27.5 Å². The van der Waals surface area contributed by atoms with Crippen LogP contribution in [0.25, 0.3) is 6.08 Å². The zero-order chi connectivity index (χ0) is 11.3. The summed E-state index contributed by atoms with van der Waals surface area (Å²) in [6, 6.07) is 1.64. The number of nitrogens with zero attached hydrogens (tertiary/aromatic N) is 1. The molecule has 0 aliphatic carbocycles. The van der Waals surface area contributed by atoms with E-state index in [1.54, 1.807) is 12.1 Å². The van der Waals surface area contributed by atoms with Crippen LogP contribution in [0.3, 0.4) is 0 Å². The van der Waals surface area contributed by atoms with E-state index in [0.717, 1.165) is 0 Å². The largest absolute Gasteiger partial charge is 0.465 e. The molecule has 0 bridgehead atoms. The first kappa shape index (κ1) is 12.2. The first-order valence-corrected chi connectivity index (χ1v) is 5.65. The number of hydrogen-bond acceptors (Lipinski definition) is 3. The maximum Gasteiger partial charge on any atom is 0.339 e. The molecule has 5 heteroatoms. The zero-order valence-electron chi connectivity index (χ0n) is 8.04. The van der Waals surface area contributed by atoms with Crippen molar-refractivity contribution >= 4 is 39.6 Å². The van der Waals surface area contributed by atoms with Gasteiger partial charge in [-0.05, 0) is 6.07 Å². The molecule has 1 aromatic heterocycles. The van der Waals surface area contributed by atoms with Crippen LogP contribution in [-0.4, -0.2) is 23.4 Å². The van der Waals surface area contributed by atoms with Gasteiger partial charge in [-0.2, -0.15) is 0 Å². The normalized spacial score (nSPS) is 10.6. The first-order chi connectivity index (χ1) is 7.19. The zero-order valence-corrected chi connectivity index (χ0v) is 10.4. The lowest BCUT2D eigenvalue weighted by Crippen LogP contribution is -2.02. The van der Waals surface area contributed by atoms with Gasteiger partial charge in [0.05, 0.1) is 12.7 Å². The van der Waals surface area contributed by atoms with Gasteiger partial charge < -0.3 is 4.74 Å². The smallest absolute Gasteiger partial charge is 0.339 e. The van der Waals surface area contributed by atoms with E-state index in [-0.39, 0.29) is 0 Å². The maximum absolute atomic E-state index is 11.2. The molecule has 0 fully saturated rings. The van der Waals surface area contributed by atoms with Gasteiger partial charge in [-0.25, -0.2) is 9.78 Å². The van der Waals surface area contributed by atoms with Crippen LogP contribution in [0.15, 0.2) is 18.3 Å². The van der Waals surface area contributed by atoms with Crippen molar-refractivity contribution in [1.29, 1.82) is 0 Å². The quantitative estimate of drug-likeness (QED) is 0.488. The lowest BCUT2D eigenvalue weighted by Gasteiger charge is -2.01. The fraction of sp³-hybridized carbons (Fsp3) is 0.200. The lowest BCUT2D eigenvalue weighted by molar-refractivity contribution is 0.0600. The van der Waals surface area contributed by atoms with Gasteiger partial charge in [0, 0.05) is 17.1 Å². The van der Waals surface area contributed by atoms with E-state index in [4.69, 9.17) is 11.6 Å². The molecule has 80 valence electrons. The lowest BCUT2D eigenvalue weighted by atomic mass is 10.2. The first-order valence-electron chi connectivity index (χ1n) is 4.15. The third-order valence-electron chi connectivity index (χ3n) is 1.67. The van der Waals surface area contributed by atoms with Gasteiger partial charge in [-0.1, -0.05) is 39.7 Å². The third kappa shape index (κ3) is 3.32. The molecular weight excluding hydrogens is 281 g/mol. The summed E-state index contributed by atoms with van der Waals surface area (Å²) in [5.41, 5.74) is 1.08. The number of allylic oxidation sites excluding steroid dienone is 1. The van der Waals surface area contributed by atoms with Crippen molar-refractivity contribution in [3.05, 3.63) is 34.6 Å². The molecule has 0 unspecified atom stereocenters. The van der Waals surface area contributed by atoms with Gasteiger partial charge >= 0.3 is 5.97 Å². The summed E-state index contributed by atoms with van der Waals surface area (Å²) in [5, 5.41) is 1.08. The van der Waals surface area contributed by atoms with Gasteiger partial charge in [0.2, 0.25) is 0 Å². The van der Waals surface area contributed by atoms with Crippen LogP contribution in [0.4, 0.5) is 0 Å². The summed E-state index contributed by atoms with van der Waals surface area (Å²) in [4.78, 5) is 15.1. The minimum atomic E-state index is -0.423. The highest BCUT2D eigenvalue weighted by Crippen LogP contribution is 2.16. The predicted molar refractivity (Wildman–Crippen MR) is 63.4 cm³/mol. The Balaban J connectivity index is 3.05. The van der Waals surface area contributed by atoms with Crippen molar-refractivity contribution in [2.75, 3.05) is 12.4 Å². The Bertz CT molecular complexity index is 393. The highest BCUT2D eigenvalue weighted by molar-refractivity contribution is 9.09. The second-order valence-electron chi connectivity index (χ2n) is 2.65. The molecule has 0 spiro atoms. The van der Waals surface area contributed by atoms with Crippen molar-refractivity contribution in [2.45, 2.75) is 0 Å². The van der Waals surface area contributed by atoms with Crippen LogP contribution in [0.1, 0.15) is 15.9 Å². The number of carbonyl (C=O) groups excluding carboxylic acids is 1. The Morgan fingerprint density at radius 3 is 3.07 bits per heavy atom. The molecule has 0 amide bonds. The van der Waals surface area contributed by atoms with Crippen molar-refractivity contribution in [2.24, 2.45) is 0 Å². The summed E-state index contributed by atoms with van der Waals surface area (Å²) in [6.45, 7) is 0. The number of halogens is 2. The Labute approximate surface area is 101 Å². The summed E-state index contributed by atoms with van der Waals surface area (Å²) >= 11 is 9.10. The van der Waals surface area contributed by atoms with Crippen LogP contribution in [0.2, 0.25) is 5.15 Å². The molecule has 1 heterocycles. The number of alkyl halides is 1. The molecule has 0 N–H and O–H groups in total. The van der Waals surface area contributed by atoms with Crippen molar-refractivity contribution in [1.82, 2.24) is 4.98 Å². The van der Waals surface area contributed by atoms with Gasteiger partial charge in [0.15, 0.2) is 0 Å². The van der Waals surface area contributed by atoms with Gasteiger partial charge in [0.25, 0.3) is 0 Å². The number of aromatic nitrogens is 1. The number of rotatable bonds is 3. The molecule has 0 aromatic carbocycles. The van der Waals surface area contributed by atoms with Gasteiger partial charge in [0.1, 0.15) is 5.15 Å². The average Bonchev–Trinajstić information content (AvgIpc) is 2.27. The molecule has 3 nitrogen and oxygen atoms in total. The molecule has 0 atom stereocenters. The molecule has 15 heavy (non-hydrogen) atoms. The van der Waals surface area contributed by atoms with E-state index >= 15 is 0 Å². The molecule has 0 aliphatic heterocycles. The van der Waals surface area contributed by atoms with Gasteiger partial charge in [-0.15, -0.1) is 0 Å². The number of methoxy groups -OCH3 is 1. The van der Waals surface area contributed by atoms with E-state index in [1.807, 2.05) is 6.08 Å². The van der Waals surface area contributed by atoms with Crippen LogP contribution in [-0.2, 0) is 4.74 Å². The minimum Gasteiger partial charge on any atom is -0.465 e. The fourth-order valence-electron chi connectivity index (χ4n) is 0.983. The Morgan fingerprint density at radius 2 is 2.47 bits per heavy atom. The maximum atomic E-state index is 11.2. The van der Waals surface area contributed by atoms with Crippen LogP contribution in [0, 0.1) is 0 Å². The second kappa shape index (κ2) is 5.88.